The molecular formula is H4LiN2Na. The summed E-state index contributed by atoms with van der Waals surface area (Å²) in [7, 11) is 0. The molecule has 0 heterocycles. The zero-order chi connectivity index (χ0) is 0. The standard InChI is InChI=1S/Li.2H2N.Na/h;2*1H2;/q+1;2*-1;+1. The van der Waals surface area contributed by atoms with E-state index in [9.17, 15) is 0 Å². The van der Waals surface area contributed by atoms with Crippen LogP contribution < -0.4 is 48.4 Å². The maximum absolute atomic E-state index is 0. The molecule has 0 fully saturated rings. The first kappa shape index (κ1) is 48.9. The van der Waals surface area contributed by atoms with Crippen molar-refractivity contribution in [1.82, 2.24) is 0 Å². The SMILES string of the molecule is [Li+].[NH2-].[NH2-].[Na+]. The third kappa shape index (κ3) is 9.68. The van der Waals surface area contributed by atoms with Gasteiger partial charge in [-0.1, -0.05) is 0 Å². The third-order valence-electron chi connectivity index (χ3n) is 0. The van der Waals surface area contributed by atoms with Crippen LogP contribution in [-0.2, 0) is 0 Å². The molecule has 16 valence electrons. The Kier molecular flexibility index (Phi) is 297. The van der Waals surface area contributed by atoms with Crippen LogP contribution in [0.15, 0.2) is 0 Å². The van der Waals surface area contributed by atoms with Crippen molar-refractivity contribution in [1.29, 1.82) is 0 Å². The summed E-state index contributed by atoms with van der Waals surface area (Å²) in [5, 5.41) is 0. The minimum absolute atomic E-state index is 0. The second-order valence-corrected chi connectivity index (χ2v) is 0. The summed E-state index contributed by atoms with van der Waals surface area (Å²) >= 11 is 0. The molecule has 4 N–H and O–H groups in total. The van der Waals surface area contributed by atoms with Crippen LogP contribution in [-0.4, -0.2) is 0 Å². The van der Waals surface area contributed by atoms with E-state index >= 15 is 0 Å². The van der Waals surface area contributed by atoms with Gasteiger partial charge in [0.15, 0.2) is 0 Å². The molecule has 0 aliphatic rings. The van der Waals surface area contributed by atoms with E-state index in [1.165, 1.54) is 0 Å². The minimum atomic E-state index is 0. The zero-order valence-electron chi connectivity index (χ0n) is 3.15. The van der Waals surface area contributed by atoms with Crippen molar-refractivity contribution in [2.75, 3.05) is 0 Å². The number of hydrogen-bond donors (Lipinski definition) is 0. The summed E-state index contributed by atoms with van der Waals surface area (Å²) in [6.45, 7) is 0. The van der Waals surface area contributed by atoms with Crippen molar-refractivity contribution >= 4 is 0 Å². The molecule has 0 aromatic heterocycles. The first-order chi connectivity index (χ1) is 0. The van der Waals surface area contributed by atoms with E-state index < -0.39 is 0 Å². The summed E-state index contributed by atoms with van der Waals surface area (Å²) < 4.78 is 0. The van der Waals surface area contributed by atoms with Gasteiger partial charge in [0.25, 0.3) is 0 Å². The average Bonchev–Trinajstić information content (AvgIpc) is 0. The quantitative estimate of drug-likeness (QED) is 0.253. The number of rotatable bonds is 0. The second kappa shape index (κ2) is 24.3. The maximum Gasteiger partial charge on any atom is 1.00 e. The fraction of sp³-hybridized carbons (Fsp3) is 0. The maximum atomic E-state index is 0. The Bertz CT molecular complexity index is 6.00. The van der Waals surface area contributed by atoms with Gasteiger partial charge < -0.3 is 12.3 Å². The van der Waals surface area contributed by atoms with Crippen LogP contribution in [0.5, 0.6) is 0 Å². The van der Waals surface area contributed by atoms with E-state index in [-0.39, 0.29) is 60.7 Å². The van der Waals surface area contributed by atoms with Crippen LogP contribution in [0.4, 0.5) is 0 Å². The van der Waals surface area contributed by atoms with Gasteiger partial charge in [-0.2, -0.15) is 0 Å². The Hall–Kier alpha value is 1.52. The Balaban J connectivity index is 0. The van der Waals surface area contributed by atoms with Crippen LogP contribution >= 0.6 is 0 Å². The van der Waals surface area contributed by atoms with Crippen LogP contribution in [0, 0.1) is 0 Å². The van der Waals surface area contributed by atoms with Gasteiger partial charge in [0.2, 0.25) is 0 Å². The van der Waals surface area contributed by atoms with Crippen LogP contribution in [0.1, 0.15) is 0 Å². The molecule has 4 heavy (non-hydrogen) atoms. The molecule has 0 spiro atoms. The van der Waals surface area contributed by atoms with E-state index in [1.54, 1.807) is 0 Å². The predicted molar refractivity (Wildman–Crippen MR) is 10.6 cm³/mol. The van der Waals surface area contributed by atoms with Crippen molar-refractivity contribution in [3.63, 3.8) is 0 Å². The fourth-order valence-electron chi connectivity index (χ4n) is 0. The smallest absolute Gasteiger partial charge is 0.693 e. The monoisotopic (exact) mass is 62.0 g/mol. The first-order valence-corrected chi connectivity index (χ1v) is 0. The van der Waals surface area contributed by atoms with Gasteiger partial charge in [0, 0.05) is 0 Å². The van der Waals surface area contributed by atoms with Crippen molar-refractivity contribution in [3.8, 4) is 0 Å². The molecule has 0 aliphatic heterocycles. The summed E-state index contributed by atoms with van der Waals surface area (Å²) in [6.07, 6.45) is 0. The molecule has 4 heteroatoms. The topological polar surface area (TPSA) is 67.0 Å². The summed E-state index contributed by atoms with van der Waals surface area (Å²) in [4.78, 5) is 0. The van der Waals surface area contributed by atoms with Gasteiger partial charge in [-0.3, -0.25) is 0 Å². The molecule has 0 unspecified atom stereocenters. The summed E-state index contributed by atoms with van der Waals surface area (Å²) in [6, 6.07) is 0. The van der Waals surface area contributed by atoms with Crippen LogP contribution in [0.2, 0.25) is 0 Å². The molecule has 0 radical (unpaired) electrons. The largest absolute Gasteiger partial charge is 1.00 e. The molecule has 0 amide bonds. The molecular weight excluding hydrogens is 57.9 g/mol. The molecule has 0 aromatic rings. The number of hydrogen-bond acceptors (Lipinski definition) is 0. The Labute approximate surface area is 60.4 Å². The van der Waals surface area contributed by atoms with Crippen LogP contribution in [0.25, 0.3) is 12.3 Å². The Morgan fingerprint density at radius 1 is 0.750 bits per heavy atom. The predicted octanol–water partition coefficient (Wildman–Crippen LogP) is -4.56. The van der Waals surface area contributed by atoms with Gasteiger partial charge in [0.1, 0.15) is 0 Å². The molecule has 0 saturated carbocycles. The van der Waals surface area contributed by atoms with Crippen molar-refractivity contribution < 1.29 is 48.4 Å². The molecule has 0 rings (SSSR count). The van der Waals surface area contributed by atoms with Gasteiger partial charge in [-0.05, 0) is 0 Å². The molecule has 0 aromatic carbocycles. The zero-order valence-corrected chi connectivity index (χ0v) is 5.15. The van der Waals surface area contributed by atoms with E-state index in [2.05, 4.69) is 0 Å². The minimum Gasteiger partial charge on any atom is -0.693 e. The first-order valence-electron chi connectivity index (χ1n) is 0. The van der Waals surface area contributed by atoms with Gasteiger partial charge in [0.05, 0.1) is 0 Å². The Morgan fingerprint density at radius 2 is 0.750 bits per heavy atom. The normalized spacial score (nSPS) is 0. The van der Waals surface area contributed by atoms with Crippen molar-refractivity contribution in [2.45, 2.75) is 0 Å². The fourth-order valence-corrected chi connectivity index (χ4v) is 0. The molecule has 2 nitrogen and oxygen atoms in total. The van der Waals surface area contributed by atoms with Gasteiger partial charge in [-0.15, -0.1) is 0 Å². The molecule has 0 atom stereocenters. The molecule has 0 saturated heterocycles. The second-order valence-electron chi connectivity index (χ2n) is 0. The Morgan fingerprint density at radius 3 is 0.750 bits per heavy atom. The van der Waals surface area contributed by atoms with Crippen LogP contribution in [0.3, 0.4) is 0 Å². The van der Waals surface area contributed by atoms with E-state index in [4.69, 9.17) is 0 Å². The third-order valence-corrected chi connectivity index (χ3v) is 0. The van der Waals surface area contributed by atoms with Crippen molar-refractivity contribution in [3.05, 3.63) is 12.3 Å². The molecule has 0 bridgehead atoms. The van der Waals surface area contributed by atoms with Gasteiger partial charge >= 0.3 is 48.4 Å². The van der Waals surface area contributed by atoms with Gasteiger partial charge in [-0.25, -0.2) is 0 Å². The van der Waals surface area contributed by atoms with Crippen molar-refractivity contribution in [2.24, 2.45) is 0 Å². The van der Waals surface area contributed by atoms with E-state index in [1.807, 2.05) is 0 Å². The van der Waals surface area contributed by atoms with E-state index in [0.717, 1.165) is 0 Å². The number of nitrogens with two attached hydrogens (primary N) is 2. The van der Waals surface area contributed by atoms with E-state index in [0.29, 0.717) is 0 Å². The average molecular weight is 62.0 g/mol. The molecule has 0 aliphatic carbocycles. The summed E-state index contributed by atoms with van der Waals surface area (Å²) in [5.74, 6) is 0. The summed E-state index contributed by atoms with van der Waals surface area (Å²) in [5.41, 5.74) is 0.